The SMILES string of the molecule is COc1c(CN2O[C@@H](CO)[C@H]([C@H](C)O)[C@H]2C(=O)NC2C[C@@H]3C[C@H]([C@@H]2C)C3(C)C)cccc1-c1cc(C(=O)N2[C@@H](CN(C)C)CC[C@H]2c2ccccc2)cc(N(C)C)c1. The number of rotatable bonds is 13. The van der Waals surface area contributed by atoms with Crippen LogP contribution in [0.4, 0.5) is 5.69 Å². The molecule has 3 aromatic carbocycles. The zero-order chi connectivity index (χ0) is 41.6. The van der Waals surface area contributed by atoms with Crippen LogP contribution in [0.25, 0.3) is 11.1 Å². The Kier molecular flexibility index (Phi) is 12.3. The van der Waals surface area contributed by atoms with E-state index in [4.69, 9.17) is 9.57 Å². The minimum Gasteiger partial charge on any atom is -0.496 e. The summed E-state index contributed by atoms with van der Waals surface area (Å²) < 4.78 is 6.18. The molecule has 0 radical (unpaired) electrons. The van der Waals surface area contributed by atoms with Gasteiger partial charge in [-0.2, -0.15) is 5.06 Å². The van der Waals surface area contributed by atoms with Gasteiger partial charge in [0, 0.05) is 61.0 Å². The van der Waals surface area contributed by atoms with Crippen molar-refractivity contribution in [2.45, 2.75) is 96.3 Å². The lowest BCUT2D eigenvalue weighted by atomic mass is 9.45. The number of amides is 2. The lowest BCUT2D eigenvalue weighted by Gasteiger charge is -2.62. The van der Waals surface area contributed by atoms with Crippen molar-refractivity contribution in [3.63, 3.8) is 0 Å². The molecule has 2 bridgehead atoms. The van der Waals surface area contributed by atoms with E-state index in [0.717, 1.165) is 53.7 Å². The number of aliphatic hydroxyl groups excluding tert-OH is 2. The van der Waals surface area contributed by atoms with Gasteiger partial charge in [0.1, 0.15) is 17.9 Å². The third kappa shape index (κ3) is 7.88. The Labute approximate surface area is 345 Å². The number of hydrogen-bond donors (Lipinski definition) is 3. The highest BCUT2D eigenvalue weighted by molar-refractivity contribution is 5.98. The monoisotopic (exact) mass is 795 g/mol. The molecule has 2 aliphatic heterocycles. The molecule has 1 unspecified atom stereocenters. The van der Waals surface area contributed by atoms with E-state index in [1.54, 1.807) is 19.1 Å². The smallest absolute Gasteiger partial charge is 0.254 e. The summed E-state index contributed by atoms with van der Waals surface area (Å²) in [6.07, 6.45) is 2.29. The normalized spacial score (nSPS) is 29.6. The minimum absolute atomic E-state index is 0.00930. The van der Waals surface area contributed by atoms with Crippen LogP contribution < -0.4 is 15.0 Å². The molecule has 2 heterocycles. The van der Waals surface area contributed by atoms with Gasteiger partial charge in [-0.25, -0.2) is 0 Å². The lowest BCUT2D eigenvalue weighted by Crippen LogP contribution is -2.62. The highest BCUT2D eigenvalue weighted by atomic mass is 16.7. The fourth-order valence-electron chi connectivity index (χ4n) is 10.9. The van der Waals surface area contributed by atoms with E-state index in [-0.39, 0.29) is 48.5 Å². The molecule has 5 fully saturated rings. The fraction of sp³-hybridized carbons (Fsp3) is 0.574. The summed E-state index contributed by atoms with van der Waals surface area (Å²) >= 11 is 0. The predicted octanol–water partition coefficient (Wildman–Crippen LogP) is 6.00. The average Bonchev–Trinajstić information content (AvgIpc) is 3.79. The maximum absolute atomic E-state index is 14.8. The van der Waals surface area contributed by atoms with Crippen molar-refractivity contribution < 1.29 is 29.4 Å². The Hall–Kier alpha value is -4.00. The van der Waals surface area contributed by atoms with Gasteiger partial charge in [-0.3, -0.25) is 14.4 Å². The molecule has 314 valence electrons. The molecular weight excluding hydrogens is 731 g/mol. The van der Waals surface area contributed by atoms with E-state index in [0.29, 0.717) is 29.1 Å². The summed E-state index contributed by atoms with van der Waals surface area (Å²) in [4.78, 5) is 41.8. The van der Waals surface area contributed by atoms with E-state index in [9.17, 15) is 19.8 Å². The van der Waals surface area contributed by atoms with Gasteiger partial charge < -0.3 is 35.0 Å². The van der Waals surface area contributed by atoms with Crippen LogP contribution in [0.15, 0.2) is 66.7 Å². The molecule has 3 aromatic rings. The maximum Gasteiger partial charge on any atom is 0.254 e. The van der Waals surface area contributed by atoms with Crippen LogP contribution in [-0.4, -0.2) is 116 Å². The zero-order valence-electron chi connectivity index (χ0n) is 35.9. The molecule has 0 spiro atoms. The quantitative estimate of drug-likeness (QED) is 0.192. The van der Waals surface area contributed by atoms with Crippen LogP contribution in [0.1, 0.15) is 80.9 Å². The van der Waals surface area contributed by atoms with Gasteiger partial charge >= 0.3 is 0 Å². The average molecular weight is 796 g/mol. The number of para-hydroxylation sites is 1. The second-order valence-corrected chi connectivity index (χ2v) is 18.5. The number of aliphatic hydroxyl groups is 2. The van der Waals surface area contributed by atoms with Gasteiger partial charge in [-0.05, 0) is 99.2 Å². The van der Waals surface area contributed by atoms with Gasteiger partial charge in [-0.1, -0.05) is 69.3 Å². The molecule has 11 heteroatoms. The number of nitrogens with one attached hydrogen (secondary N) is 1. The Morgan fingerprint density at radius 1 is 1.02 bits per heavy atom. The molecule has 8 rings (SSSR count). The molecule has 3 saturated carbocycles. The van der Waals surface area contributed by atoms with Crippen molar-refractivity contribution >= 4 is 17.5 Å². The summed E-state index contributed by atoms with van der Waals surface area (Å²) in [5.41, 5.74) is 5.30. The first-order valence-corrected chi connectivity index (χ1v) is 21.2. The van der Waals surface area contributed by atoms with Gasteiger partial charge in [-0.15, -0.1) is 0 Å². The zero-order valence-corrected chi connectivity index (χ0v) is 35.9. The molecule has 3 aliphatic carbocycles. The second-order valence-electron chi connectivity index (χ2n) is 18.5. The number of carbonyl (C=O) groups is 2. The van der Waals surface area contributed by atoms with Gasteiger partial charge in [0.25, 0.3) is 5.91 Å². The molecule has 3 N–H and O–H groups in total. The number of carbonyl (C=O) groups excluding carboxylic acids is 2. The van der Waals surface area contributed by atoms with Crippen molar-refractivity contribution in [1.29, 1.82) is 0 Å². The number of hydrogen-bond acceptors (Lipinski definition) is 9. The standard InChI is InChI=1S/C47H65N5O6/c1-28-38-23-34(47(38,3)4)24-39(28)48-45(55)43-42(29(2)54)41(27-53)58-51(43)25-31-16-13-17-37(44(31)57-9)32-20-33(22-36(21-32)50(7)8)46(56)52-35(26-49(5)6)18-19-40(52)30-14-11-10-12-15-30/h10-17,20-22,28-29,34-35,38-43,53-54H,18-19,23-27H2,1-9H3,(H,48,55)/t28-,29-,34-,35+,38+,39?,40-,41-,42-,43-/m0/s1. The number of fused-ring (bicyclic) bond motifs is 2. The van der Waals surface area contributed by atoms with Gasteiger partial charge in [0.15, 0.2) is 0 Å². The summed E-state index contributed by atoms with van der Waals surface area (Å²) in [5.74, 6) is 1.20. The first kappa shape index (κ1) is 42.1. The Morgan fingerprint density at radius 2 is 1.76 bits per heavy atom. The summed E-state index contributed by atoms with van der Waals surface area (Å²) in [6, 6.07) is 21.5. The molecule has 10 atom stereocenters. The molecule has 2 amide bonds. The number of hydroxylamine groups is 2. The first-order valence-electron chi connectivity index (χ1n) is 21.2. The molecular formula is C47H65N5O6. The topological polar surface area (TPSA) is 118 Å². The first-order chi connectivity index (χ1) is 27.6. The Morgan fingerprint density at radius 3 is 2.38 bits per heavy atom. The molecule has 58 heavy (non-hydrogen) atoms. The highest BCUT2D eigenvalue weighted by Crippen LogP contribution is 2.61. The Balaban J connectivity index is 1.21. The van der Waals surface area contributed by atoms with Crippen LogP contribution in [0.5, 0.6) is 5.75 Å². The molecule has 2 saturated heterocycles. The summed E-state index contributed by atoms with van der Waals surface area (Å²) in [5, 5.41) is 26.5. The van der Waals surface area contributed by atoms with Crippen molar-refractivity contribution in [2.24, 2.45) is 29.1 Å². The van der Waals surface area contributed by atoms with Crippen LogP contribution in [0.3, 0.4) is 0 Å². The van der Waals surface area contributed by atoms with Crippen LogP contribution in [0, 0.1) is 29.1 Å². The second kappa shape index (κ2) is 16.9. The summed E-state index contributed by atoms with van der Waals surface area (Å²) in [6.45, 7) is 9.20. The number of benzene rings is 3. The van der Waals surface area contributed by atoms with Crippen molar-refractivity contribution in [2.75, 3.05) is 53.4 Å². The van der Waals surface area contributed by atoms with Gasteiger partial charge in [0.05, 0.1) is 32.4 Å². The van der Waals surface area contributed by atoms with Crippen molar-refractivity contribution in [1.82, 2.24) is 20.2 Å². The van der Waals surface area contributed by atoms with Crippen molar-refractivity contribution in [3.8, 4) is 16.9 Å². The number of ether oxygens (including phenoxy) is 1. The van der Waals surface area contributed by atoms with E-state index < -0.39 is 24.2 Å². The molecule has 5 aliphatic rings. The third-order valence-electron chi connectivity index (χ3n) is 14.2. The minimum atomic E-state index is -0.901. The lowest BCUT2D eigenvalue weighted by molar-refractivity contribution is -0.183. The number of methoxy groups -OCH3 is 1. The number of nitrogens with zero attached hydrogens (tertiary/aromatic N) is 4. The van der Waals surface area contributed by atoms with Crippen molar-refractivity contribution in [3.05, 3.63) is 83.4 Å². The maximum atomic E-state index is 14.8. The fourth-order valence-corrected chi connectivity index (χ4v) is 10.9. The third-order valence-corrected chi connectivity index (χ3v) is 14.2. The summed E-state index contributed by atoms with van der Waals surface area (Å²) in [7, 11) is 9.69. The van der Waals surface area contributed by atoms with E-state index >= 15 is 0 Å². The number of anilines is 1. The van der Waals surface area contributed by atoms with E-state index in [1.807, 2.05) is 67.5 Å². The molecule has 0 aromatic heterocycles. The predicted molar refractivity (Wildman–Crippen MR) is 227 cm³/mol. The van der Waals surface area contributed by atoms with E-state index in [1.165, 1.54) is 6.42 Å². The van der Waals surface area contributed by atoms with E-state index in [2.05, 4.69) is 68.2 Å². The highest BCUT2D eigenvalue weighted by Gasteiger charge is 2.57. The van der Waals surface area contributed by atoms with Crippen LogP contribution >= 0.6 is 0 Å². The van der Waals surface area contributed by atoms with Gasteiger partial charge in [0.2, 0.25) is 5.91 Å². The van der Waals surface area contributed by atoms with Crippen LogP contribution in [0.2, 0.25) is 0 Å². The largest absolute Gasteiger partial charge is 0.496 e. The molecule has 11 nitrogen and oxygen atoms in total. The Bertz CT molecular complexity index is 1940. The number of likely N-dealkylation sites (N-methyl/N-ethyl adjacent to an activating group) is 1. The van der Waals surface area contributed by atoms with Crippen LogP contribution in [-0.2, 0) is 16.2 Å². The number of likely N-dealkylation sites (tertiary alicyclic amines) is 1.